The molecule has 3 heteroatoms. The third kappa shape index (κ3) is 3.18. The van der Waals surface area contributed by atoms with Crippen LogP contribution in [0.5, 0.6) is 0 Å². The molecule has 0 bridgehead atoms. The minimum atomic E-state index is 0.132. The van der Waals surface area contributed by atoms with E-state index in [0.717, 1.165) is 41.5 Å². The molecular weight excluding hydrogens is 326 g/mol. The maximum absolute atomic E-state index is 12.7. The molecule has 0 fully saturated rings. The van der Waals surface area contributed by atoms with Gasteiger partial charge in [0.2, 0.25) is 0 Å². The molecule has 108 valence electrons. The SMILES string of the molecule is Cc1cc(Br)cc(C(=O)N2CCc3ccccc3CC2)c1. The van der Waals surface area contributed by atoms with Crippen LogP contribution in [-0.2, 0) is 12.8 Å². The Bertz CT molecular complexity index is 633. The summed E-state index contributed by atoms with van der Waals surface area (Å²) in [5.74, 6) is 0.132. The summed E-state index contributed by atoms with van der Waals surface area (Å²) in [6, 6.07) is 14.4. The molecular formula is C18H18BrNO. The van der Waals surface area contributed by atoms with Crippen LogP contribution in [0.25, 0.3) is 0 Å². The van der Waals surface area contributed by atoms with Crippen molar-refractivity contribution in [2.75, 3.05) is 13.1 Å². The lowest BCUT2D eigenvalue weighted by Crippen LogP contribution is -2.33. The van der Waals surface area contributed by atoms with Gasteiger partial charge < -0.3 is 4.90 Å². The fourth-order valence-electron chi connectivity index (χ4n) is 2.91. The Morgan fingerprint density at radius 2 is 1.67 bits per heavy atom. The van der Waals surface area contributed by atoms with Gasteiger partial charge in [0.05, 0.1) is 0 Å². The van der Waals surface area contributed by atoms with Crippen LogP contribution in [0.3, 0.4) is 0 Å². The first-order valence-electron chi connectivity index (χ1n) is 7.27. The minimum Gasteiger partial charge on any atom is -0.338 e. The Morgan fingerprint density at radius 3 is 2.24 bits per heavy atom. The molecule has 0 radical (unpaired) electrons. The molecule has 2 aromatic carbocycles. The first kappa shape index (κ1) is 14.3. The maximum Gasteiger partial charge on any atom is 0.253 e. The number of aryl methyl sites for hydroxylation is 1. The number of carbonyl (C=O) groups is 1. The van der Waals surface area contributed by atoms with Crippen molar-refractivity contribution in [3.05, 3.63) is 69.2 Å². The van der Waals surface area contributed by atoms with Crippen molar-refractivity contribution in [2.24, 2.45) is 0 Å². The summed E-state index contributed by atoms with van der Waals surface area (Å²) < 4.78 is 0.962. The summed E-state index contributed by atoms with van der Waals surface area (Å²) in [6.45, 7) is 3.60. The molecule has 0 N–H and O–H groups in total. The number of hydrogen-bond acceptors (Lipinski definition) is 1. The first-order valence-corrected chi connectivity index (χ1v) is 8.06. The summed E-state index contributed by atoms with van der Waals surface area (Å²) in [6.07, 6.45) is 1.88. The topological polar surface area (TPSA) is 20.3 Å². The fourth-order valence-corrected chi connectivity index (χ4v) is 3.52. The van der Waals surface area contributed by atoms with E-state index in [9.17, 15) is 4.79 Å². The molecule has 0 saturated carbocycles. The summed E-state index contributed by atoms with van der Waals surface area (Å²) in [7, 11) is 0. The van der Waals surface area contributed by atoms with Crippen LogP contribution in [0, 0.1) is 6.92 Å². The molecule has 2 nitrogen and oxygen atoms in total. The highest BCUT2D eigenvalue weighted by molar-refractivity contribution is 9.10. The van der Waals surface area contributed by atoms with Gasteiger partial charge in [-0.05, 0) is 54.7 Å². The normalized spacial score (nSPS) is 14.5. The number of carbonyl (C=O) groups excluding carboxylic acids is 1. The predicted molar refractivity (Wildman–Crippen MR) is 88.6 cm³/mol. The molecule has 21 heavy (non-hydrogen) atoms. The van der Waals surface area contributed by atoms with Crippen LogP contribution in [0.15, 0.2) is 46.9 Å². The van der Waals surface area contributed by atoms with E-state index in [1.807, 2.05) is 30.0 Å². The Morgan fingerprint density at radius 1 is 1.05 bits per heavy atom. The predicted octanol–water partition coefficient (Wildman–Crippen LogP) is 4.00. The van der Waals surface area contributed by atoms with Gasteiger partial charge in [0.15, 0.2) is 0 Å². The molecule has 0 saturated heterocycles. The Balaban J connectivity index is 1.80. The van der Waals surface area contributed by atoms with E-state index in [1.54, 1.807) is 0 Å². The van der Waals surface area contributed by atoms with Crippen molar-refractivity contribution >= 4 is 21.8 Å². The van der Waals surface area contributed by atoms with E-state index >= 15 is 0 Å². The van der Waals surface area contributed by atoms with Gasteiger partial charge in [-0.2, -0.15) is 0 Å². The Labute approximate surface area is 133 Å². The highest BCUT2D eigenvalue weighted by Gasteiger charge is 2.19. The van der Waals surface area contributed by atoms with Gasteiger partial charge in [0, 0.05) is 23.1 Å². The highest BCUT2D eigenvalue weighted by Crippen LogP contribution is 2.20. The van der Waals surface area contributed by atoms with Crippen molar-refractivity contribution in [3.8, 4) is 0 Å². The third-order valence-corrected chi connectivity index (χ3v) is 4.45. The van der Waals surface area contributed by atoms with Crippen molar-refractivity contribution in [1.82, 2.24) is 4.90 Å². The zero-order chi connectivity index (χ0) is 14.8. The van der Waals surface area contributed by atoms with Gasteiger partial charge >= 0.3 is 0 Å². The lowest BCUT2D eigenvalue weighted by molar-refractivity contribution is 0.0763. The quantitative estimate of drug-likeness (QED) is 0.766. The van der Waals surface area contributed by atoms with Crippen LogP contribution in [0.2, 0.25) is 0 Å². The lowest BCUT2D eigenvalue weighted by Gasteiger charge is -2.20. The molecule has 3 rings (SSSR count). The van der Waals surface area contributed by atoms with Gasteiger partial charge in [-0.1, -0.05) is 40.2 Å². The monoisotopic (exact) mass is 343 g/mol. The molecule has 0 spiro atoms. The highest BCUT2D eigenvalue weighted by atomic mass is 79.9. The minimum absolute atomic E-state index is 0.132. The van der Waals surface area contributed by atoms with Crippen molar-refractivity contribution in [3.63, 3.8) is 0 Å². The van der Waals surface area contributed by atoms with Gasteiger partial charge in [0.1, 0.15) is 0 Å². The summed E-state index contributed by atoms with van der Waals surface area (Å²) in [5, 5.41) is 0. The second kappa shape index (κ2) is 6.02. The number of fused-ring (bicyclic) bond motifs is 1. The molecule has 0 unspecified atom stereocenters. The number of halogens is 1. The van der Waals surface area contributed by atoms with Gasteiger partial charge in [0.25, 0.3) is 5.91 Å². The molecule has 1 aliphatic rings. The molecule has 2 aromatic rings. The zero-order valence-corrected chi connectivity index (χ0v) is 13.7. The van der Waals surface area contributed by atoms with Crippen LogP contribution < -0.4 is 0 Å². The van der Waals surface area contributed by atoms with E-state index in [1.165, 1.54) is 11.1 Å². The largest absolute Gasteiger partial charge is 0.338 e. The van der Waals surface area contributed by atoms with Crippen molar-refractivity contribution in [2.45, 2.75) is 19.8 Å². The smallest absolute Gasteiger partial charge is 0.253 e. The zero-order valence-electron chi connectivity index (χ0n) is 12.1. The Hall–Kier alpha value is -1.61. The molecule has 1 aliphatic heterocycles. The third-order valence-electron chi connectivity index (χ3n) is 4.00. The second-order valence-corrected chi connectivity index (χ2v) is 6.49. The standard InChI is InChI=1S/C18H18BrNO/c1-13-10-16(12-17(19)11-13)18(21)20-8-6-14-4-2-3-5-15(14)7-9-20/h2-5,10-12H,6-9H2,1H3. The first-order chi connectivity index (χ1) is 10.1. The van der Waals surface area contributed by atoms with E-state index in [0.29, 0.717) is 0 Å². The number of rotatable bonds is 1. The van der Waals surface area contributed by atoms with E-state index in [4.69, 9.17) is 0 Å². The van der Waals surface area contributed by atoms with E-state index in [-0.39, 0.29) is 5.91 Å². The van der Waals surface area contributed by atoms with Gasteiger partial charge in [-0.15, -0.1) is 0 Å². The van der Waals surface area contributed by atoms with Crippen LogP contribution in [-0.4, -0.2) is 23.9 Å². The number of hydrogen-bond donors (Lipinski definition) is 0. The number of nitrogens with zero attached hydrogens (tertiary/aromatic N) is 1. The average Bonchev–Trinajstić information content (AvgIpc) is 2.68. The number of amides is 1. The van der Waals surface area contributed by atoms with E-state index < -0.39 is 0 Å². The summed E-state index contributed by atoms with van der Waals surface area (Å²) in [4.78, 5) is 14.7. The number of benzene rings is 2. The second-order valence-electron chi connectivity index (χ2n) is 5.58. The molecule has 0 aromatic heterocycles. The maximum atomic E-state index is 12.7. The lowest BCUT2D eigenvalue weighted by atomic mass is 10.0. The van der Waals surface area contributed by atoms with Crippen LogP contribution in [0.4, 0.5) is 0 Å². The average molecular weight is 344 g/mol. The molecule has 0 atom stereocenters. The van der Waals surface area contributed by atoms with Crippen LogP contribution >= 0.6 is 15.9 Å². The molecule has 0 aliphatic carbocycles. The van der Waals surface area contributed by atoms with Crippen molar-refractivity contribution in [1.29, 1.82) is 0 Å². The Kier molecular flexibility index (Phi) is 4.11. The van der Waals surface area contributed by atoms with Gasteiger partial charge in [-0.3, -0.25) is 4.79 Å². The summed E-state index contributed by atoms with van der Waals surface area (Å²) in [5.41, 5.74) is 4.62. The van der Waals surface area contributed by atoms with Gasteiger partial charge in [-0.25, -0.2) is 0 Å². The van der Waals surface area contributed by atoms with Crippen molar-refractivity contribution < 1.29 is 4.79 Å². The molecule has 1 amide bonds. The molecule has 1 heterocycles. The van der Waals surface area contributed by atoms with E-state index in [2.05, 4.69) is 40.2 Å². The fraction of sp³-hybridized carbons (Fsp3) is 0.278. The summed E-state index contributed by atoms with van der Waals surface area (Å²) >= 11 is 3.47. The van der Waals surface area contributed by atoms with Crippen LogP contribution in [0.1, 0.15) is 27.0 Å².